The predicted octanol–water partition coefficient (Wildman–Crippen LogP) is 5.26. The summed E-state index contributed by atoms with van der Waals surface area (Å²) in [6.07, 6.45) is 2.16. The van der Waals surface area contributed by atoms with Gasteiger partial charge in [-0.25, -0.2) is 0 Å². The van der Waals surface area contributed by atoms with Crippen LogP contribution >= 0.6 is 11.8 Å². The molecule has 16 heavy (non-hydrogen) atoms. The standard InChI is InChI=1S/C15H20S/c1-6-15(16-13(5)11(2)3)14-9-7-12(4)8-10-14/h6-11H,5H2,1-4H3/b15-6-. The summed E-state index contributed by atoms with van der Waals surface area (Å²) in [4.78, 5) is 2.51. The van der Waals surface area contributed by atoms with Gasteiger partial charge in [-0.05, 0) is 30.2 Å². The van der Waals surface area contributed by atoms with Gasteiger partial charge in [-0.15, -0.1) is 0 Å². The maximum absolute atomic E-state index is 4.11. The highest BCUT2D eigenvalue weighted by atomic mass is 32.2. The molecule has 0 saturated heterocycles. The molecule has 0 spiro atoms. The van der Waals surface area contributed by atoms with Crippen LogP contribution in [0.15, 0.2) is 41.8 Å². The second-order valence-corrected chi connectivity index (χ2v) is 5.41. The van der Waals surface area contributed by atoms with Crippen LogP contribution in [0.5, 0.6) is 0 Å². The third-order valence-electron chi connectivity index (χ3n) is 2.48. The largest absolute Gasteiger partial charge is 0.0946 e. The third kappa shape index (κ3) is 3.57. The summed E-state index contributed by atoms with van der Waals surface area (Å²) >= 11 is 1.78. The van der Waals surface area contributed by atoms with Gasteiger partial charge in [-0.2, -0.15) is 0 Å². The van der Waals surface area contributed by atoms with Crippen molar-refractivity contribution in [3.63, 3.8) is 0 Å². The van der Waals surface area contributed by atoms with E-state index in [1.807, 2.05) is 0 Å². The molecular formula is C15H20S. The third-order valence-corrected chi connectivity index (χ3v) is 3.91. The van der Waals surface area contributed by atoms with E-state index in [2.05, 4.69) is 64.6 Å². The van der Waals surface area contributed by atoms with E-state index in [-0.39, 0.29) is 0 Å². The summed E-state index contributed by atoms with van der Waals surface area (Å²) in [5, 5.41) is 0. The molecular weight excluding hydrogens is 212 g/mol. The van der Waals surface area contributed by atoms with E-state index in [4.69, 9.17) is 0 Å². The van der Waals surface area contributed by atoms with Crippen molar-refractivity contribution in [1.82, 2.24) is 0 Å². The summed E-state index contributed by atoms with van der Waals surface area (Å²) in [6.45, 7) is 12.7. The van der Waals surface area contributed by atoms with Crippen molar-refractivity contribution < 1.29 is 0 Å². The highest BCUT2D eigenvalue weighted by Crippen LogP contribution is 2.35. The fourth-order valence-electron chi connectivity index (χ4n) is 1.26. The van der Waals surface area contributed by atoms with E-state index < -0.39 is 0 Å². The molecule has 86 valence electrons. The molecule has 0 aliphatic heterocycles. The van der Waals surface area contributed by atoms with Crippen molar-refractivity contribution in [3.8, 4) is 0 Å². The lowest BCUT2D eigenvalue weighted by atomic mass is 10.1. The fourth-order valence-corrected chi connectivity index (χ4v) is 2.15. The zero-order chi connectivity index (χ0) is 12.1. The second-order valence-electron chi connectivity index (χ2n) is 4.24. The van der Waals surface area contributed by atoms with Crippen LogP contribution in [-0.2, 0) is 0 Å². The second kappa shape index (κ2) is 5.95. The molecule has 0 aliphatic carbocycles. The number of hydrogen-bond acceptors (Lipinski definition) is 1. The summed E-state index contributed by atoms with van der Waals surface area (Å²) in [5.74, 6) is 0.519. The van der Waals surface area contributed by atoms with E-state index in [0.29, 0.717) is 5.92 Å². The topological polar surface area (TPSA) is 0 Å². The van der Waals surface area contributed by atoms with Crippen LogP contribution < -0.4 is 0 Å². The molecule has 1 rings (SSSR count). The molecule has 0 aliphatic rings. The first kappa shape index (κ1) is 13.1. The van der Waals surface area contributed by atoms with Crippen molar-refractivity contribution in [1.29, 1.82) is 0 Å². The summed E-state index contributed by atoms with van der Waals surface area (Å²) in [7, 11) is 0. The normalized spacial score (nSPS) is 11.9. The Hall–Kier alpha value is -0.950. The first-order chi connectivity index (χ1) is 7.54. The van der Waals surface area contributed by atoms with Gasteiger partial charge in [-0.3, -0.25) is 0 Å². The van der Waals surface area contributed by atoms with Gasteiger partial charge in [-0.1, -0.05) is 68.1 Å². The Kier molecular flexibility index (Phi) is 4.88. The van der Waals surface area contributed by atoms with E-state index in [1.165, 1.54) is 20.9 Å². The van der Waals surface area contributed by atoms with E-state index >= 15 is 0 Å². The molecule has 0 amide bonds. The molecule has 0 unspecified atom stereocenters. The minimum atomic E-state index is 0.519. The van der Waals surface area contributed by atoms with Gasteiger partial charge in [0, 0.05) is 4.91 Å². The maximum Gasteiger partial charge on any atom is 0.0148 e. The van der Waals surface area contributed by atoms with Gasteiger partial charge in [0.15, 0.2) is 0 Å². The van der Waals surface area contributed by atoms with Crippen LogP contribution in [0.3, 0.4) is 0 Å². The molecule has 0 fully saturated rings. The number of hydrogen-bond donors (Lipinski definition) is 0. The lowest BCUT2D eigenvalue weighted by molar-refractivity contribution is 0.821. The minimum Gasteiger partial charge on any atom is -0.0946 e. The van der Waals surface area contributed by atoms with Gasteiger partial charge in [0.25, 0.3) is 0 Å². The SMILES string of the molecule is C=C(S/C(=C\C)c1ccc(C)cc1)C(C)C. The molecule has 0 radical (unpaired) electrons. The molecule has 0 saturated carbocycles. The van der Waals surface area contributed by atoms with Crippen molar-refractivity contribution in [2.45, 2.75) is 27.7 Å². The fraction of sp³-hybridized carbons (Fsp3) is 0.333. The van der Waals surface area contributed by atoms with Crippen LogP contribution in [0.4, 0.5) is 0 Å². The van der Waals surface area contributed by atoms with E-state index in [9.17, 15) is 0 Å². The molecule has 1 aromatic carbocycles. The van der Waals surface area contributed by atoms with Crippen molar-refractivity contribution in [2.24, 2.45) is 5.92 Å². The molecule has 1 heteroatoms. The van der Waals surface area contributed by atoms with Crippen LogP contribution in [-0.4, -0.2) is 0 Å². The summed E-state index contributed by atoms with van der Waals surface area (Å²) in [6, 6.07) is 8.64. The highest BCUT2D eigenvalue weighted by molar-refractivity contribution is 8.11. The van der Waals surface area contributed by atoms with E-state index in [0.717, 1.165) is 0 Å². The summed E-state index contributed by atoms with van der Waals surface area (Å²) < 4.78 is 0. The maximum atomic E-state index is 4.11. The zero-order valence-corrected chi connectivity index (χ0v) is 11.4. The Labute approximate surface area is 103 Å². The van der Waals surface area contributed by atoms with E-state index in [1.54, 1.807) is 11.8 Å². The van der Waals surface area contributed by atoms with Crippen LogP contribution in [0.2, 0.25) is 0 Å². The highest BCUT2D eigenvalue weighted by Gasteiger charge is 2.06. The predicted molar refractivity (Wildman–Crippen MR) is 76.4 cm³/mol. The van der Waals surface area contributed by atoms with Crippen LogP contribution in [0.25, 0.3) is 4.91 Å². The first-order valence-corrected chi connectivity index (χ1v) is 6.46. The molecule has 0 atom stereocenters. The van der Waals surface area contributed by atoms with Crippen LogP contribution in [0.1, 0.15) is 31.9 Å². The molecule has 0 aromatic heterocycles. The summed E-state index contributed by atoms with van der Waals surface area (Å²) in [5.41, 5.74) is 2.58. The quantitative estimate of drug-likeness (QED) is 0.682. The van der Waals surface area contributed by atoms with Gasteiger partial charge >= 0.3 is 0 Å². The smallest absolute Gasteiger partial charge is 0.0148 e. The monoisotopic (exact) mass is 232 g/mol. The Morgan fingerprint density at radius 3 is 2.25 bits per heavy atom. The first-order valence-electron chi connectivity index (χ1n) is 5.64. The average Bonchev–Trinajstić information content (AvgIpc) is 2.26. The number of benzene rings is 1. The number of thioether (sulfide) groups is 1. The number of rotatable bonds is 4. The minimum absolute atomic E-state index is 0.519. The van der Waals surface area contributed by atoms with Crippen LogP contribution in [0, 0.1) is 12.8 Å². The van der Waals surface area contributed by atoms with Gasteiger partial charge in [0.2, 0.25) is 0 Å². The Morgan fingerprint density at radius 1 is 1.25 bits per heavy atom. The Bertz CT molecular complexity index is 382. The van der Waals surface area contributed by atoms with Gasteiger partial charge in [0.05, 0.1) is 0 Å². The lowest BCUT2D eigenvalue weighted by Crippen LogP contribution is -1.88. The molecule has 1 aromatic rings. The van der Waals surface area contributed by atoms with Gasteiger partial charge < -0.3 is 0 Å². The molecule has 0 nitrogen and oxygen atoms in total. The van der Waals surface area contributed by atoms with Crippen molar-refractivity contribution >= 4 is 16.7 Å². The van der Waals surface area contributed by atoms with Crippen molar-refractivity contribution in [2.75, 3.05) is 0 Å². The van der Waals surface area contributed by atoms with Gasteiger partial charge in [0.1, 0.15) is 0 Å². The Balaban J connectivity index is 2.84. The average molecular weight is 232 g/mol. The lowest BCUT2D eigenvalue weighted by Gasteiger charge is -2.12. The Morgan fingerprint density at radius 2 is 1.81 bits per heavy atom. The molecule has 0 heterocycles. The zero-order valence-electron chi connectivity index (χ0n) is 10.6. The molecule has 0 bridgehead atoms. The number of allylic oxidation sites excluding steroid dienone is 2. The van der Waals surface area contributed by atoms with Crippen molar-refractivity contribution in [3.05, 3.63) is 53.0 Å². The molecule has 0 N–H and O–H groups in total. The number of aryl methyl sites for hydroxylation is 1.